The number of nitrogens with zero attached hydrogens (tertiary/aromatic N) is 4. The zero-order valence-electron chi connectivity index (χ0n) is 10.2. The SMILES string of the molecule is CN(C)C(=O)CCNc1nc2ccc(Br)cn2n1. The third kappa shape index (κ3) is 2.98. The number of nitrogens with one attached hydrogen (secondary N) is 1. The van der Waals surface area contributed by atoms with E-state index < -0.39 is 0 Å². The standard InChI is InChI=1S/C11H14BrN5O/c1-16(2)10(18)5-6-13-11-14-9-4-3-8(12)7-17(9)15-11/h3-4,7H,5-6H2,1-2H3,(H,13,15). The van der Waals surface area contributed by atoms with Crippen LogP contribution >= 0.6 is 15.9 Å². The van der Waals surface area contributed by atoms with Crippen LogP contribution in [0.1, 0.15) is 6.42 Å². The second kappa shape index (κ2) is 5.34. The van der Waals surface area contributed by atoms with Crippen molar-refractivity contribution in [3.8, 4) is 0 Å². The molecule has 0 bridgehead atoms. The Morgan fingerprint density at radius 3 is 3.00 bits per heavy atom. The minimum atomic E-state index is 0.0778. The topological polar surface area (TPSA) is 62.5 Å². The summed E-state index contributed by atoms with van der Waals surface area (Å²) in [5, 5.41) is 7.29. The molecule has 0 atom stereocenters. The molecule has 0 aliphatic heterocycles. The summed E-state index contributed by atoms with van der Waals surface area (Å²) in [5.41, 5.74) is 0.764. The van der Waals surface area contributed by atoms with E-state index in [1.165, 1.54) is 0 Å². The molecule has 2 heterocycles. The predicted octanol–water partition coefficient (Wildman–Crippen LogP) is 1.38. The summed E-state index contributed by atoms with van der Waals surface area (Å²) in [5.74, 6) is 0.605. The summed E-state index contributed by atoms with van der Waals surface area (Å²) in [6.07, 6.45) is 2.25. The predicted molar refractivity (Wildman–Crippen MR) is 72.5 cm³/mol. The number of fused-ring (bicyclic) bond motifs is 1. The van der Waals surface area contributed by atoms with E-state index in [1.54, 1.807) is 23.5 Å². The molecular weight excluding hydrogens is 298 g/mol. The second-order valence-corrected chi connectivity index (χ2v) is 4.97. The molecule has 0 radical (unpaired) electrons. The lowest BCUT2D eigenvalue weighted by Crippen LogP contribution is -2.24. The molecule has 0 saturated heterocycles. The van der Waals surface area contributed by atoms with Crippen molar-refractivity contribution in [3.05, 3.63) is 22.8 Å². The quantitative estimate of drug-likeness (QED) is 0.926. The molecule has 0 aliphatic carbocycles. The lowest BCUT2D eigenvalue weighted by Gasteiger charge is -2.09. The average molecular weight is 312 g/mol. The Labute approximate surface area is 113 Å². The summed E-state index contributed by atoms with van der Waals surface area (Å²) in [6, 6.07) is 3.77. The lowest BCUT2D eigenvalue weighted by molar-refractivity contribution is -0.128. The molecule has 2 rings (SSSR count). The fraction of sp³-hybridized carbons (Fsp3) is 0.364. The maximum absolute atomic E-state index is 11.4. The van der Waals surface area contributed by atoms with E-state index in [2.05, 4.69) is 31.3 Å². The number of hydrogen-bond acceptors (Lipinski definition) is 4. The maximum atomic E-state index is 11.4. The third-order valence-electron chi connectivity index (χ3n) is 2.42. The molecule has 0 aromatic carbocycles. The third-order valence-corrected chi connectivity index (χ3v) is 2.88. The zero-order chi connectivity index (χ0) is 13.1. The highest BCUT2D eigenvalue weighted by Crippen LogP contribution is 2.12. The molecule has 2 aromatic heterocycles. The average Bonchev–Trinajstić information content (AvgIpc) is 2.70. The van der Waals surface area contributed by atoms with Crippen LogP contribution in [-0.2, 0) is 4.79 Å². The Morgan fingerprint density at radius 2 is 2.28 bits per heavy atom. The van der Waals surface area contributed by atoms with Crippen LogP contribution in [0.5, 0.6) is 0 Å². The van der Waals surface area contributed by atoms with E-state index in [0.29, 0.717) is 18.9 Å². The number of carbonyl (C=O) groups is 1. The monoisotopic (exact) mass is 311 g/mol. The van der Waals surface area contributed by atoms with Gasteiger partial charge in [-0.15, -0.1) is 5.10 Å². The maximum Gasteiger partial charge on any atom is 0.243 e. The number of carbonyl (C=O) groups excluding carboxylic acids is 1. The van der Waals surface area contributed by atoms with Gasteiger partial charge in [0.2, 0.25) is 11.9 Å². The molecule has 0 aliphatic rings. The first-order chi connectivity index (χ1) is 8.56. The first-order valence-corrected chi connectivity index (χ1v) is 6.31. The summed E-state index contributed by atoms with van der Waals surface area (Å²) in [7, 11) is 3.48. The first-order valence-electron chi connectivity index (χ1n) is 5.52. The van der Waals surface area contributed by atoms with Gasteiger partial charge in [0.15, 0.2) is 5.65 Å². The van der Waals surface area contributed by atoms with Crippen molar-refractivity contribution in [2.24, 2.45) is 0 Å². The number of aromatic nitrogens is 3. The van der Waals surface area contributed by atoms with Gasteiger partial charge in [0.1, 0.15) is 0 Å². The van der Waals surface area contributed by atoms with E-state index in [9.17, 15) is 4.79 Å². The smallest absolute Gasteiger partial charge is 0.243 e. The highest BCUT2D eigenvalue weighted by atomic mass is 79.9. The van der Waals surface area contributed by atoms with Gasteiger partial charge in [0.05, 0.1) is 0 Å². The highest BCUT2D eigenvalue weighted by Gasteiger charge is 2.06. The summed E-state index contributed by atoms with van der Waals surface area (Å²) < 4.78 is 2.62. The molecule has 96 valence electrons. The van der Waals surface area contributed by atoms with Crippen molar-refractivity contribution in [2.45, 2.75) is 6.42 Å². The molecule has 0 unspecified atom stereocenters. The van der Waals surface area contributed by atoms with Gasteiger partial charge in [-0.1, -0.05) is 0 Å². The number of anilines is 1. The van der Waals surface area contributed by atoms with Crippen molar-refractivity contribution in [1.82, 2.24) is 19.5 Å². The van der Waals surface area contributed by atoms with E-state index in [1.807, 2.05) is 18.3 Å². The zero-order valence-corrected chi connectivity index (χ0v) is 11.8. The van der Waals surface area contributed by atoms with Crippen LogP contribution < -0.4 is 5.32 Å². The lowest BCUT2D eigenvalue weighted by atomic mass is 10.4. The molecule has 2 aromatic rings. The van der Waals surface area contributed by atoms with Gasteiger partial charge < -0.3 is 10.2 Å². The number of hydrogen-bond donors (Lipinski definition) is 1. The number of amides is 1. The summed E-state index contributed by atoms with van der Waals surface area (Å²) in [6.45, 7) is 0.523. The fourth-order valence-corrected chi connectivity index (χ4v) is 1.76. The van der Waals surface area contributed by atoms with Gasteiger partial charge in [-0.25, -0.2) is 4.52 Å². The van der Waals surface area contributed by atoms with Crippen molar-refractivity contribution in [3.63, 3.8) is 0 Å². The van der Waals surface area contributed by atoms with Crippen LogP contribution in [-0.4, -0.2) is 46.0 Å². The molecule has 0 fully saturated rings. The molecule has 6 nitrogen and oxygen atoms in total. The fourth-order valence-electron chi connectivity index (χ4n) is 1.44. The molecule has 0 saturated carbocycles. The number of rotatable bonds is 4. The first kappa shape index (κ1) is 12.8. The van der Waals surface area contributed by atoms with Crippen LogP contribution in [0.4, 0.5) is 5.95 Å². The van der Waals surface area contributed by atoms with Crippen molar-refractivity contribution in [1.29, 1.82) is 0 Å². The van der Waals surface area contributed by atoms with Crippen molar-refractivity contribution < 1.29 is 4.79 Å². The Bertz CT molecular complexity index is 566. The van der Waals surface area contributed by atoms with E-state index >= 15 is 0 Å². The molecule has 18 heavy (non-hydrogen) atoms. The van der Waals surface area contributed by atoms with Crippen LogP contribution in [0.3, 0.4) is 0 Å². The summed E-state index contributed by atoms with van der Waals surface area (Å²) in [4.78, 5) is 17.2. The van der Waals surface area contributed by atoms with Gasteiger partial charge in [-0.3, -0.25) is 4.79 Å². The molecule has 1 amide bonds. The van der Waals surface area contributed by atoms with Crippen LogP contribution in [0, 0.1) is 0 Å². The molecule has 0 spiro atoms. The van der Waals surface area contributed by atoms with E-state index in [-0.39, 0.29) is 5.91 Å². The normalized spacial score (nSPS) is 10.6. The minimum Gasteiger partial charge on any atom is -0.352 e. The number of pyridine rings is 1. The van der Waals surface area contributed by atoms with Crippen molar-refractivity contribution >= 4 is 33.4 Å². The molecule has 1 N–H and O–H groups in total. The van der Waals surface area contributed by atoms with Gasteiger partial charge >= 0.3 is 0 Å². The molecular formula is C11H14BrN5O. The second-order valence-electron chi connectivity index (χ2n) is 4.05. The Kier molecular flexibility index (Phi) is 3.81. The molecule has 7 heteroatoms. The van der Waals surface area contributed by atoms with E-state index in [0.717, 1.165) is 10.1 Å². The highest BCUT2D eigenvalue weighted by molar-refractivity contribution is 9.10. The largest absolute Gasteiger partial charge is 0.352 e. The van der Waals surface area contributed by atoms with Gasteiger partial charge in [-0.05, 0) is 28.1 Å². The van der Waals surface area contributed by atoms with Crippen LogP contribution in [0.2, 0.25) is 0 Å². The van der Waals surface area contributed by atoms with Crippen LogP contribution in [0.15, 0.2) is 22.8 Å². The van der Waals surface area contributed by atoms with Gasteiger partial charge in [0.25, 0.3) is 0 Å². The van der Waals surface area contributed by atoms with E-state index in [4.69, 9.17) is 0 Å². The minimum absolute atomic E-state index is 0.0778. The number of halogens is 1. The Balaban J connectivity index is 1.98. The van der Waals surface area contributed by atoms with Crippen molar-refractivity contribution in [2.75, 3.05) is 26.0 Å². The van der Waals surface area contributed by atoms with Crippen LogP contribution in [0.25, 0.3) is 5.65 Å². The Hall–Kier alpha value is -1.63. The van der Waals surface area contributed by atoms with Gasteiger partial charge in [0, 0.05) is 37.7 Å². The Morgan fingerprint density at radius 1 is 1.50 bits per heavy atom. The summed E-state index contributed by atoms with van der Waals surface area (Å²) >= 11 is 3.37. The van der Waals surface area contributed by atoms with Gasteiger partial charge in [-0.2, -0.15) is 4.98 Å².